The maximum absolute atomic E-state index is 10.5. The Kier molecular flexibility index (Phi) is 10.3. The van der Waals surface area contributed by atoms with Crippen LogP contribution in [0.3, 0.4) is 0 Å². The van der Waals surface area contributed by atoms with Gasteiger partial charge in [0.05, 0.1) is 12.1 Å². The highest BCUT2D eigenvalue weighted by Gasteiger charge is 2.29. The first kappa shape index (κ1) is 21.2. The maximum atomic E-state index is 10.5. The lowest BCUT2D eigenvalue weighted by atomic mass is 9.95. The molecule has 24 heavy (non-hydrogen) atoms. The third kappa shape index (κ3) is 7.81. The van der Waals surface area contributed by atoms with Gasteiger partial charge in [0.1, 0.15) is 0 Å². The molecule has 1 aromatic carbocycles. The van der Waals surface area contributed by atoms with Crippen LogP contribution in [0.25, 0.3) is 0 Å². The minimum Gasteiger partial charge on any atom is -0.388 e. The fourth-order valence-electron chi connectivity index (χ4n) is 2.62. The number of aryl methyl sites for hydroxylation is 1. The predicted octanol–water partition coefficient (Wildman–Crippen LogP) is 2.33. The molecule has 0 aliphatic carbocycles. The van der Waals surface area contributed by atoms with Crippen molar-refractivity contribution >= 4 is 29.9 Å². The SMILES string of the molecule is CCNC(=NCC1(O)CCOCC1)NCCCc1ccccc1.I. The van der Waals surface area contributed by atoms with Crippen molar-refractivity contribution in [3.63, 3.8) is 0 Å². The monoisotopic (exact) mass is 447 g/mol. The van der Waals surface area contributed by atoms with Crippen LogP contribution < -0.4 is 10.6 Å². The minimum absolute atomic E-state index is 0. The molecule has 0 atom stereocenters. The molecule has 0 unspecified atom stereocenters. The fourth-order valence-corrected chi connectivity index (χ4v) is 2.62. The first-order chi connectivity index (χ1) is 11.2. The number of guanidine groups is 1. The molecule has 136 valence electrons. The van der Waals surface area contributed by atoms with Crippen molar-refractivity contribution in [3.05, 3.63) is 35.9 Å². The van der Waals surface area contributed by atoms with Gasteiger partial charge in [0.25, 0.3) is 0 Å². The van der Waals surface area contributed by atoms with E-state index in [0.29, 0.717) is 32.6 Å². The van der Waals surface area contributed by atoms with Gasteiger partial charge in [0.15, 0.2) is 5.96 Å². The zero-order valence-electron chi connectivity index (χ0n) is 14.5. The Morgan fingerprint density at radius 1 is 1.21 bits per heavy atom. The lowest BCUT2D eigenvalue weighted by Gasteiger charge is -2.30. The van der Waals surface area contributed by atoms with Crippen LogP contribution in [0.15, 0.2) is 35.3 Å². The van der Waals surface area contributed by atoms with Crippen LogP contribution >= 0.6 is 24.0 Å². The van der Waals surface area contributed by atoms with Gasteiger partial charge in [0.2, 0.25) is 0 Å². The summed E-state index contributed by atoms with van der Waals surface area (Å²) in [6, 6.07) is 10.5. The summed E-state index contributed by atoms with van der Waals surface area (Å²) in [6.07, 6.45) is 3.41. The lowest BCUT2D eigenvalue weighted by Crippen LogP contribution is -2.42. The number of hydrogen-bond donors (Lipinski definition) is 3. The first-order valence-corrected chi connectivity index (χ1v) is 8.58. The van der Waals surface area contributed by atoms with E-state index in [4.69, 9.17) is 4.74 Å². The molecule has 0 amide bonds. The van der Waals surface area contributed by atoms with E-state index < -0.39 is 5.60 Å². The quantitative estimate of drug-likeness (QED) is 0.260. The third-order valence-corrected chi connectivity index (χ3v) is 4.08. The topological polar surface area (TPSA) is 65.9 Å². The van der Waals surface area contributed by atoms with Crippen LogP contribution in [0.2, 0.25) is 0 Å². The number of aliphatic imine (C=N–C) groups is 1. The molecular formula is C18H30IN3O2. The summed E-state index contributed by atoms with van der Waals surface area (Å²) < 4.78 is 5.30. The second-order valence-corrected chi connectivity index (χ2v) is 6.05. The van der Waals surface area contributed by atoms with Crippen LogP contribution in [0.1, 0.15) is 31.7 Å². The summed E-state index contributed by atoms with van der Waals surface area (Å²) in [7, 11) is 0. The fraction of sp³-hybridized carbons (Fsp3) is 0.611. The highest BCUT2D eigenvalue weighted by Crippen LogP contribution is 2.20. The number of halogens is 1. The molecule has 6 heteroatoms. The number of nitrogens with zero attached hydrogens (tertiary/aromatic N) is 1. The smallest absolute Gasteiger partial charge is 0.191 e. The summed E-state index contributed by atoms with van der Waals surface area (Å²) >= 11 is 0. The molecule has 1 aliphatic heterocycles. The number of hydrogen-bond acceptors (Lipinski definition) is 3. The minimum atomic E-state index is -0.718. The Hall–Kier alpha value is -0.860. The summed E-state index contributed by atoms with van der Waals surface area (Å²) in [5, 5.41) is 17.0. The van der Waals surface area contributed by atoms with Crippen molar-refractivity contribution in [2.45, 2.75) is 38.2 Å². The van der Waals surface area contributed by atoms with E-state index in [-0.39, 0.29) is 24.0 Å². The largest absolute Gasteiger partial charge is 0.388 e. The Morgan fingerprint density at radius 2 is 1.92 bits per heavy atom. The maximum Gasteiger partial charge on any atom is 0.191 e. The highest BCUT2D eigenvalue weighted by molar-refractivity contribution is 14.0. The van der Waals surface area contributed by atoms with Gasteiger partial charge in [-0.1, -0.05) is 30.3 Å². The van der Waals surface area contributed by atoms with Gasteiger partial charge in [-0.3, -0.25) is 4.99 Å². The molecule has 5 nitrogen and oxygen atoms in total. The van der Waals surface area contributed by atoms with E-state index in [1.807, 2.05) is 13.0 Å². The molecule has 0 saturated carbocycles. The Labute approximate surface area is 162 Å². The van der Waals surface area contributed by atoms with E-state index >= 15 is 0 Å². The van der Waals surface area contributed by atoms with E-state index in [0.717, 1.165) is 31.9 Å². The molecule has 1 aromatic rings. The molecule has 2 rings (SSSR count). The highest BCUT2D eigenvalue weighted by atomic mass is 127. The number of nitrogens with one attached hydrogen (secondary N) is 2. The van der Waals surface area contributed by atoms with E-state index in [1.165, 1.54) is 5.56 Å². The number of aliphatic hydroxyl groups is 1. The van der Waals surface area contributed by atoms with Gasteiger partial charge < -0.3 is 20.5 Å². The zero-order valence-corrected chi connectivity index (χ0v) is 16.8. The molecule has 1 heterocycles. The molecule has 0 aromatic heterocycles. The Morgan fingerprint density at radius 3 is 2.58 bits per heavy atom. The average Bonchev–Trinajstić information content (AvgIpc) is 2.58. The summed E-state index contributed by atoms with van der Waals surface area (Å²) in [6.45, 7) is 5.38. The van der Waals surface area contributed by atoms with Crippen LogP contribution in [-0.2, 0) is 11.2 Å². The predicted molar refractivity (Wildman–Crippen MR) is 109 cm³/mol. The van der Waals surface area contributed by atoms with Gasteiger partial charge in [0, 0.05) is 39.1 Å². The molecule has 0 radical (unpaired) electrons. The first-order valence-electron chi connectivity index (χ1n) is 8.58. The van der Waals surface area contributed by atoms with Gasteiger partial charge in [-0.15, -0.1) is 24.0 Å². The van der Waals surface area contributed by atoms with E-state index in [1.54, 1.807) is 0 Å². The van der Waals surface area contributed by atoms with Crippen molar-refractivity contribution in [3.8, 4) is 0 Å². The van der Waals surface area contributed by atoms with Gasteiger partial charge in [-0.25, -0.2) is 0 Å². The van der Waals surface area contributed by atoms with Crippen molar-refractivity contribution < 1.29 is 9.84 Å². The molecular weight excluding hydrogens is 417 g/mol. The van der Waals surface area contributed by atoms with Crippen molar-refractivity contribution in [2.75, 3.05) is 32.8 Å². The summed E-state index contributed by atoms with van der Waals surface area (Å²) in [5.41, 5.74) is 0.637. The van der Waals surface area contributed by atoms with Crippen LogP contribution in [0.4, 0.5) is 0 Å². The summed E-state index contributed by atoms with van der Waals surface area (Å²) in [4.78, 5) is 4.54. The summed E-state index contributed by atoms with van der Waals surface area (Å²) in [5.74, 6) is 0.778. The lowest BCUT2D eigenvalue weighted by molar-refractivity contribution is -0.0565. The van der Waals surface area contributed by atoms with Crippen molar-refractivity contribution in [1.29, 1.82) is 0 Å². The normalized spacial score (nSPS) is 17.0. The second-order valence-electron chi connectivity index (χ2n) is 6.05. The Balaban J connectivity index is 0.00000288. The third-order valence-electron chi connectivity index (χ3n) is 4.08. The molecule has 0 spiro atoms. The molecule has 3 N–H and O–H groups in total. The van der Waals surface area contributed by atoms with Crippen molar-refractivity contribution in [1.82, 2.24) is 10.6 Å². The second kappa shape index (κ2) is 11.7. The van der Waals surface area contributed by atoms with Gasteiger partial charge in [-0.2, -0.15) is 0 Å². The Bertz CT molecular complexity index is 476. The van der Waals surface area contributed by atoms with Gasteiger partial charge >= 0.3 is 0 Å². The molecule has 1 fully saturated rings. The van der Waals surface area contributed by atoms with Crippen LogP contribution in [0.5, 0.6) is 0 Å². The van der Waals surface area contributed by atoms with Gasteiger partial charge in [-0.05, 0) is 25.3 Å². The van der Waals surface area contributed by atoms with E-state index in [2.05, 4.69) is 39.9 Å². The van der Waals surface area contributed by atoms with E-state index in [9.17, 15) is 5.11 Å². The van der Waals surface area contributed by atoms with Crippen LogP contribution in [-0.4, -0.2) is 49.5 Å². The molecule has 1 saturated heterocycles. The average molecular weight is 447 g/mol. The molecule has 0 bridgehead atoms. The van der Waals surface area contributed by atoms with Crippen LogP contribution in [0, 0.1) is 0 Å². The molecule has 1 aliphatic rings. The standard InChI is InChI=1S/C18H29N3O2.HI/c1-2-19-17(21-15-18(22)10-13-23-14-11-18)20-12-6-9-16-7-4-3-5-8-16;/h3-5,7-8,22H,2,6,9-15H2,1H3,(H2,19,20,21);1H. The number of benzene rings is 1. The number of ether oxygens (including phenoxy) is 1. The zero-order chi connectivity index (χ0) is 16.4. The van der Waals surface area contributed by atoms with Crippen molar-refractivity contribution in [2.24, 2.45) is 4.99 Å². The number of rotatable bonds is 7.